The van der Waals surface area contributed by atoms with Gasteiger partial charge in [0.1, 0.15) is 0 Å². The normalized spacial score (nSPS) is 11.8. The lowest BCUT2D eigenvalue weighted by molar-refractivity contribution is 0.303. The molecule has 0 spiro atoms. The molecule has 0 amide bonds. The molecule has 1 aromatic rings. The Kier molecular flexibility index (Phi) is 6.48. The molecule has 0 aliphatic carbocycles. The van der Waals surface area contributed by atoms with E-state index in [1.165, 1.54) is 6.42 Å². The largest absolute Gasteiger partial charge is 0.317 e. The first kappa shape index (κ1) is 15.8. The molecule has 3 heteroatoms. The summed E-state index contributed by atoms with van der Waals surface area (Å²) in [5.74, 6) is 0. The molecule has 0 aliphatic heterocycles. The van der Waals surface area contributed by atoms with Crippen molar-refractivity contribution in [3.8, 4) is 0 Å². The highest BCUT2D eigenvalue weighted by atomic mass is 35.5. The van der Waals surface area contributed by atoms with Crippen LogP contribution in [-0.4, -0.2) is 13.1 Å². The Bertz CT molecular complexity index is 375. The van der Waals surface area contributed by atoms with Crippen molar-refractivity contribution in [3.05, 3.63) is 33.8 Å². The van der Waals surface area contributed by atoms with Crippen LogP contribution in [-0.2, 0) is 6.42 Å². The quantitative estimate of drug-likeness (QED) is 0.700. The third-order valence-corrected chi connectivity index (χ3v) is 3.91. The van der Waals surface area contributed by atoms with E-state index in [1.54, 1.807) is 0 Å². The van der Waals surface area contributed by atoms with Crippen molar-refractivity contribution in [2.24, 2.45) is 5.41 Å². The standard InChI is InChI=1S/C15H23Cl2N/c1-4-18-10-9-15(2,3)8-7-12-11-13(16)5-6-14(12)17/h5-6,11,18H,4,7-10H2,1-3H3. The molecule has 0 bridgehead atoms. The van der Waals surface area contributed by atoms with Crippen molar-refractivity contribution in [2.45, 2.75) is 40.0 Å². The minimum Gasteiger partial charge on any atom is -0.317 e. The monoisotopic (exact) mass is 287 g/mol. The van der Waals surface area contributed by atoms with Crippen molar-refractivity contribution in [1.82, 2.24) is 5.32 Å². The van der Waals surface area contributed by atoms with E-state index < -0.39 is 0 Å². The molecule has 18 heavy (non-hydrogen) atoms. The smallest absolute Gasteiger partial charge is 0.0439 e. The van der Waals surface area contributed by atoms with E-state index >= 15 is 0 Å². The molecule has 1 rings (SSSR count). The molecular weight excluding hydrogens is 265 g/mol. The Labute approximate surface area is 121 Å². The summed E-state index contributed by atoms with van der Waals surface area (Å²) >= 11 is 12.2. The highest BCUT2D eigenvalue weighted by Crippen LogP contribution is 2.29. The van der Waals surface area contributed by atoms with Crippen LogP contribution >= 0.6 is 23.2 Å². The summed E-state index contributed by atoms with van der Waals surface area (Å²) < 4.78 is 0. The molecule has 0 saturated heterocycles. The van der Waals surface area contributed by atoms with Crippen LogP contribution in [0.3, 0.4) is 0 Å². The molecule has 0 heterocycles. The summed E-state index contributed by atoms with van der Waals surface area (Å²) in [4.78, 5) is 0. The first-order chi connectivity index (χ1) is 8.44. The summed E-state index contributed by atoms with van der Waals surface area (Å²) in [7, 11) is 0. The van der Waals surface area contributed by atoms with Gasteiger partial charge in [0.05, 0.1) is 0 Å². The number of aryl methyl sites for hydroxylation is 1. The highest BCUT2D eigenvalue weighted by Gasteiger charge is 2.17. The van der Waals surface area contributed by atoms with E-state index in [0.717, 1.165) is 41.5 Å². The van der Waals surface area contributed by atoms with Crippen LogP contribution in [0.5, 0.6) is 0 Å². The predicted octanol–water partition coefficient (Wildman–Crippen LogP) is 4.95. The third kappa shape index (κ3) is 5.60. The lowest BCUT2D eigenvalue weighted by atomic mass is 9.83. The SMILES string of the molecule is CCNCCC(C)(C)CCc1cc(Cl)ccc1Cl. The summed E-state index contributed by atoms with van der Waals surface area (Å²) in [6.45, 7) is 8.87. The minimum atomic E-state index is 0.327. The molecule has 0 saturated carbocycles. The lowest BCUT2D eigenvalue weighted by Crippen LogP contribution is -2.22. The first-order valence-electron chi connectivity index (χ1n) is 6.59. The molecule has 102 valence electrons. The topological polar surface area (TPSA) is 12.0 Å². The molecule has 0 unspecified atom stereocenters. The van der Waals surface area contributed by atoms with Gasteiger partial charge in [0.2, 0.25) is 0 Å². The van der Waals surface area contributed by atoms with E-state index in [-0.39, 0.29) is 0 Å². The van der Waals surface area contributed by atoms with Gasteiger partial charge >= 0.3 is 0 Å². The average Bonchev–Trinajstić information content (AvgIpc) is 2.31. The van der Waals surface area contributed by atoms with E-state index in [4.69, 9.17) is 23.2 Å². The van der Waals surface area contributed by atoms with Crippen molar-refractivity contribution in [1.29, 1.82) is 0 Å². The molecule has 1 aromatic carbocycles. The fourth-order valence-corrected chi connectivity index (χ4v) is 2.34. The van der Waals surface area contributed by atoms with Gasteiger partial charge < -0.3 is 5.32 Å². The van der Waals surface area contributed by atoms with E-state index in [0.29, 0.717) is 5.41 Å². The van der Waals surface area contributed by atoms with Gasteiger partial charge in [0.25, 0.3) is 0 Å². The van der Waals surface area contributed by atoms with Gasteiger partial charge in [-0.3, -0.25) is 0 Å². The van der Waals surface area contributed by atoms with Crippen LogP contribution in [0.15, 0.2) is 18.2 Å². The summed E-state index contributed by atoms with van der Waals surface area (Å²) in [5.41, 5.74) is 1.48. The molecule has 0 aromatic heterocycles. The summed E-state index contributed by atoms with van der Waals surface area (Å²) in [6, 6.07) is 5.69. The first-order valence-corrected chi connectivity index (χ1v) is 7.35. The van der Waals surface area contributed by atoms with Crippen LogP contribution in [0, 0.1) is 5.41 Å². The molecule has 0 radical (unpaired) electrons. The Morgan fingerprint density at radius 1 is 1.17 bits per heavy atom. The van der Waals surface area contributed by atoms with Gasteiger partial charge in [-0.1, -0.05) is 44.0 Å². The van der Waals surface area contributed by atoms with E-state index in [1.807, 2.05) is 18.2 Å². The maximum atomic E-state index is 6.18. The van der Waals surface area contributed by atoms with Gasteiger partial charge in [0.15, 0.2) is 0 Å². The van der Waals surface area contributed by atoms with E-state index in [2.05, 4.69) is 26.1 Å². The number of hydrogen-bond acceptors (Lipinski definition) is 1. The van der Waals surface area contributed by atoms with Crippen LogP contribution in [0.2, 0.25) is 10.0 Å². The van der Waals surface area contributed by atoms with Crippen molar-refractivity contribution in [2.75, 3.05) is 13.1 Å². The Morgan fingerprint density at radius 3 is 2.56 bits per heavy atom. The molecule has 0 atom stereocenters. The highest BCUT2D eigenvalue weighted by molar-refractivity contribution is 6.33. The Morgan fingerprint density at radius 2 is 1.89 bits per heavy atom. The van der Waals surface area contributed by atoms with Crippen LogP contribution in [0.4, 0.5) is 0 Å². The molecule has 0 fully saturated rings. The van der Waals surface area contributed by atoms with Gasteiger partial charge in [-0.05, 0) is 61.5 Å². The van der Waals surface area contributed by atoms with Crippen molar-refractivity contribution < 1.29 is 0 Å². The zero-order chi connectivity index (χ0) is 13.6. The second-order valence-electron chi connectivity index (χ2n) is 5.50. The number of rotatable bonds is 7. The van der Waals surface area contributed by atoms with Crippen LogP contribution in [0.1, 0.15) is 39.2 Å². The lowest BCUT2D eigenvalue weighted by Gasteiger charge is -2.25. The maximum Gasteiger partial charge on any atom is 0.0439 e. The van der Waals surface area contributed by atoms with Crippen molar-refractivity contribution in [3.63, 3.8) is 0 Å². The number of benzene rings is 1. The van der Waals surface area contributed by atoms with Gasteiger partial charge in [-0.25, -0.2) is 0 Å². The fraction of sp³-hybridized carbons (Fsp3) is 0.600. The minimum absolute atomic E-state index is 0.327. The van der Waals surface area contributed by atoms with E-state index in [9.17, 15) is 0 Å². The second-order valence-corrected chi connectivity index (χ2v) is 6.35. The maximum absolute atomic E-state index is 6.18. The third-order valence-electron chi connectivity index (χ3n) is 3.31. The molecular formula is C15H23Cl2N. The summed E-state index contributed by atoms with van der Waals surface area (Å²) in [6.07, 6.45) is 3.29. The number of halogens is 2. The number of hydrogen-bond donors (Lipinski definition) is 1. The van der Waals surface area contributed by atoms with Crippen LogP contribution < -0.4 is 5.32 Å². The molecule has 1 N–H and O–H groups in total. The number of nitrogens with one attached hydrogen (secondary N) is 1. The fourth-order valence-electron chi connectivity index (χ4n) is 1.94. The second kappa shape index (κ2) is 7.37. The van der Waals surface area contributed by atoms with Crippen LogP contribution in [0.25, 0.3) is 0 Å². The Hall–Kier alpha value is -0.240. The average molecular weight is 288 g/mol. The van der Waals surface area contributed by atoms with Gasteiger partial charge in [0, 0.05) is 10.0 Å². The Balaban J connectivity index is 2.50. The van der Waals surface area contributed by atoms with Gasteiger partial charge in [-0.15, -0.1) is 0 Å². The zero-order valence-electron chi connectivity index (χ0n) is 11.5. The van der Waals surface area contributed by atoms with Gasteiger partial charge in [-0.2, -0.15) is 0 Å². The summed E-state index contributed by atoms with van der Waals surface area (Å²) in [5, 5.41) is 4.96. The zero-order valence-corrected chi connectivity index (χ0v) is 13.0. The predicted molar refractivity (Wildman–Crippen MR) is 81.7 cm³/mol. The molecule has 0 aliphatic rings. The molecule has 1 nitrogen and oxygen atoms in total. The van der Waals surface area contributed by atoms with Crippen molar-refractivity contribution >= 4 is 23.2 Å².